The van der Waals surface area contributed by atoms with E-state index in [1.807, 2.05) is 0 Å². The maximum atomic E-state index is 14.4. The summed E-state index contributed by atoms with van der Waals surface area (Å²) in [5.41, 5.74) is 5.35. The van der Waals surface area contributed by atoms with E-state index in [-0.39, 0.29) is 23.8 Å². The molecule has 1 aliphatic rings. The molecule has 1 heterocycles. The highest BCUT2D eigenvalue weighted by Gasteiger charge is 2.32. The van der Waals surface area contributed by atoms with Gasteiger partial charge in [0.25, 0.3) is 0 Å². The van der Waals surface area contributed by atoms with Crippen LogP contribution in [0.1, 0.15) is 32.8 Å². The van der Waals surface area contributed by atoms with Gasteiger partial charge in [-0.2, -0.15) is 0 Å². The molecule has 0 bridgehead atoms. The molecule has 1 unspecified atom stereocenters. The predicted molar refractivity (Wildman–Crippen MR) is 93.7 cm³/mol. The summed E-state index contributed by atoms with van der Waals surface area (Å²) >= 11 is 0. The molecule has 0 radical (unpaired) electrons. The average molecular weight is 355 g/mol. The van der Waals surface area contributed by atoms with Gasteiger partial charge in [0.05, 0.1) is 11.7 Å². The van der Waals surface area contributed by atoms with Gasteiger partial charge in [0.1, 0.15) is 17.2 Å². The van der Waals surface area contributed by atoms with Crippen molar-refractivity contribution < 1.29 is 18.3 Å². The minimum atomic E-state index is -0.572. The fraction of sp³-hybridized carbons (Fsp3) is 0.611. The zero-order valence-corrected chi connectivity index (χ0v) is 15.3. The Morgan fingerprint density at radius 3 is 2.64 bits per heavy atom. The van der Waals surface area contributed by atoms with Crippen LogP contribution in [0, 0.1) is 11.6 Å². The Kier molecular flexibility index (Phi) is 5.87. The summed E-state index contributed by atoms with van der Waals surface area (Å²) in [4.78, 5) is 15.5. The Labute approximate surface area is 147 Å². The minimum absolute atomic E-state index is 0.110. The molecule has 5 nitrogen and oxygen atoms in total. The van der Waals surface area contributed by atoms with Gasteiger partial charge < -0.3 is 20.3 Å². The van der Waals surface area contributed by atoms with E-state index in [4.69, 9.17) is 10.5 Å². The number of nitrogens with zero attached hydrogens (tertiary/aromatic N) is 2. The Morgan fingerprint density at radius 1 is 1.36 bits per heavy atom. The Balaban J connectivity index is 2.07. The lowest BCUT2D eigenvalue weighted by molar-refractivity contribution is 0.0238. The van der Waals surface area contributed by atoms with Crippen molar-refractivity contribution in [1.82, 2.24) is 4.90 Å². The van der Waals surface area contributed by atoms with Crippen LogP contribution in [0.5, 0.6) is 0 Å². The van der Waals surface area contributed by atoms with E-state index in [1.54, 1.807) is 32.7 Å². The van der Waals surface area contributed by atoms with Gasteiger partial charge in [-0.05, 0) is 51.8 Å². The number of anilines is 1. The van der Waals surface area contributed by atoms with E-state index in [9.17, 15) is 13.6 Å². The van der Waals surface area contributed by atoms with E-state index in [1.165, 1.54) is 17.0 Å². The molecule has 7 heteroatoms. The highest BCUT2D eigenvalue weighted by atomic mass is 19.1. The maximum absolute atomic E-state index is 14.4. The molecule has 1 fully saturated rings. The minimum Gasteiger partial charge on any atom is -0.444 e. The van der Waals surface area contributed by atoms with Crippen molar-refractivity contribution in [3.8, 4) is 0 Å². The monoisotopic (exact) mass is 355 g/mol. The van der Waals surface area contributed by atoms with Crippen molar-refractivity contribution in [3.63, 3.8) is 0 Å². The molecule has 1 aromatic rings. The summed E-state index contributed by atoms with van der Waals surface area (Å²) in [5.74, 6) is -0.920. The van der Waals surface area contributed by atoms with E-state index in [0.717, 1.165) is 0 Å². The largest absolute Gasteiger partial charge is 0.444 e. The van der Waals surface area contributed by atoms with Crippen LogP contribution in [0.15, 0.2) is 12.1 Å². The van der Waals surface area contributed by atoms with Crippen LogP contribution in [-0.2, 0) is 11.2 Å². The number of halogens is 2. The molecular weight excluding hydrogens is 328 g/mol. The van der Waals surface area contributed by atoms with Gasteiger partial charge >= 0.3 is 6.09 Å². The van der Waals surface area contributed by atoms with Crippen LogP contribution in [0.25, 0.3) is 0 Å². The number of carbonyl (C=O) groups excluding carboxylic acids is 1. The van der Waals surface area contributed by atoms with Crippen LogP contribution in [0.4, 0.5) is 19.3 Å². The average Bonchev–Trinajstić information content (AvgIpc) is 2.98. The summed E-state index contributed by atoms with van der Waals surface area (Å²) in [6.07, 6.45) is 0.554. The molecule has 0 saturated carbocycles. The number of amides is 1. The van der Waals surface area contributed by atoms with Crippen LogP contribution in [-0.4, -0.2) is 49.3 Å². The Bertz CT molecular complexity index is 631. The SMILES string of the molecule is CN(C(=O)OC(C)(C)C)C1CCN(c2cc(F)c(CCN)cc2F)C1. The highest BCUT2D eigenvalue weighted by Crippen LogP contribution is 2.28. The number of hydrogen-bond acceptors (Lipinski definition) is 4. The lowest BCUT2D eigenvalue weighted by Crippen LogP contribution is -2.42. The first-order chi connectivity index (χ1) is 11.6. The van der Waals surface area contributed by atoms with Gasteiger partial charge in [-0.1, -0.05) is 0 Å². The number of likely N-dealkylation sites (N-methyl/N-ethyl adjacent to an activating group) is 1. The summed E-state index contributed by atoms with van der Waals surface area (Å²) in [5, 5.41) is 0. The summed E-state index contributed by atoms with van der Waals surface area (Å²) in [6, 6.07) is 2.32. The smallest absolute Gasteiger partial charge is 0.410 e. The number of carbonyl (C=O) groups is 1. The predicted octanol–water partition coefficient (Wildman–Crippen LogP) is 2.91. The van der Waals surface area contributed by atoms with Gasteiger partial charge in [-0.15, -0.1) is 0 Å². The lowest BCUT2D eigenvalue weighted by Gasteiger charge is -2.29. The van der Waals surface area contributed by atoms with Crippen LogP contribution >= 0.6 is 0 Å². The van der Waals surface area contributed by atoms with Crippen molar-refractivity contribution in [3.05, 3.63) is 29.3 Å². The zero-order valence-electron chi connectivity index (χ0n) is 15.3. The number of rotatable bonds is 4. The molecule has 1 amide bonds. The zero-order chi connectivity index (χ0) is 18.8. The van der Waals surface area contributed by atoms with Crippen molar-refractivity contribution in [2.24, 2.45) is 5.73 Å². The Morgan fingerprint density at radius 2 is 2.04 bits per heavy atom. The molecule has 1 atom stereocenters. The number of nitrogens with two attached hydrogens (primary N) is 1. The van der Waals surface area contributed by atoms with Crippen molar-refractivity contribution in [2.75, 3.05) is 31.6 Å². The van der Waals surface area contributed by atoms with E-state index < -0.39 is 23.3 Å². The topological polar surface area (TPSA) is 58.8 Å². The number of ether oxygens (including phenoxy) is 1. The number of benzene rings is 1. The third kappa shape index (κ3) is 4.81. The molecule has 1 aromatic carbocycles. The van der Waals surface area contributed by atoms with Gasteiger partial charge in [-0.3, -0.25) is 0 Å². The molecule has 0 spiro atoms. The summed E-state index contributed by atoms with van der Waals surface area (Å²) in [6.45, 7) is 6.66. The molecule has 2 N–H and O–H groups in total. The van der Waals surface area contributed by atoms with Crippen LogP contribution < -0.4 is 10.6 Å². The van der Waals surface area contributed by atoms with Crippen molar-refractivity contribution >= 4 is 11.8 Å². The normalized spacial score (nSPS) is 17.7. The summed E-state index contributed by atoms with van der Waals surface area (Å²) < 4.78 is 33.8. The van der Waals surface area contributed by atoms with Crippen molar-refractivity contribution in [2.45, 2.75) is 45.3 Å². The first-order valence-corrected chi connectivity index (χ1v) is 8.51. The third-order valence-electron chi connectivity index (χ3n) is 4.26. The van der Waals surface area contributed by atoms with Gasteiger partial charge in [-0.25, -0.2) is 13.6 Å². The molecule has 140 valence electrons. The van der Waals surface area contributed by atoms with Crippen LogP contribution in [0.3, 0.4) is 0 Å². The maximum Gasteiger partial charge on any atom is 0.410 e. The molecule has 1 saturated heterocycles. The fourth-order valence-electron chi connectivity index (χ4n) is 2.93. The van der Waals surface area contributed by atoms with Crippen LogP contribution in [0.2, 0.25) is 0 Å². The second-order valence-electron chi connectivity index (χ2n) is 7.41. The second-order valence-corrected chi connectivity index (χ2v) is 7.41. The van der Waals surface area contributed by atoms with E-state index >= 15 is 0 Å². The Hall–Kier alpha value is -1.89. The lowest BCUT2D eigenvalue weighted by atomic mass is 10.1. The number of hydrogen-bond donors (Lipinski definition) is 1. The molecule has 0 aromatic heterocycles. The molecule has 2 rings (SSSR count). The quantitative estimate of drug-likeness (QED) is 0.902. The molecule has 25 heavy (non-hydrogen) atoms. The first kappa shape index (κ1) is 19.4. The third-order valence-corrected chi connectivity index (χ3v) is 4.26. The fourth-order valence-corrected chi connectivity index (χ4v) is 2.93. The van der Waals surface area contributed by atoms with E-state index in [0.29, 0.717) is 25.9 Å². The summed E-state index contributed by atoms with van der Waals surface area (Å²) in [7, 11) is 1.67. The standard InChI is InChI=1S/C18H27F2N3O2/c1-18(2,3)25-17(24)22(4)13-6-8-23(11-13)16-10-14(19)12(5-7-21)9-15(16)20/h9-10,13H,5-8,11,21H2,1-4H3. The molecular formula is C18H27F2N3O2. The molecule has 0 aliphatic carbocycles. The van der Waals surface area contributed by atoms with E-state index in [2.05, 4.69) is 0 Å². The van der Waals surface area contributed by atoms with Gasteiger partial charge in [0, 0.05) is 26.2 Å². The van der Waals surface area contributed by atoms with Crippen molar-refractivity contribution in [1.29, 1.82) is 0 Å². The molecule has 1 aliphatic heterocycles. The van der Waals surface area contributed by atoms with Gasteiger partial charge in [0.2, 0.25) is 0 Å². The first-order valence-electron chi connectivity index (χ1n) is 8.51. The van der Waals surface area contributed by atoms with Gasteiger partial charge in [0.15, 0.2) is 0 Å². The highest BCUT2D eigenvalue weighted by molar-refractivity contribution is 5.68. The second kappa shape index (κ2) is 7.56.